The molecule has 5 heteroatoms. The molecule has 0 amide bonds. The fourth-order valence-corrected chi connectivity index (χ4v) is 1.15. The van der Waals surface area contributed by atoms with Gasteiger partial charge in [-0.15, -0.1) is 0 Å². The van der Waals surface area contributed by atoms with Crippen LogP contribution in [0.3, 0.4) is 0 Å². The lowest BCUT2D eigenvalue weighted by molar-refractivity contribution is 0.0597. The van der Waals surface area contributed by atoms with Gasteiger partial charge in [-0.2, -0.15) is 0 Å². The fraction of sp³-hybridized carbons (Fsp3) is 0.222. The van der Waals surface area contributed by atoms with Crippen LogP contribution in [0.4, 0.5) is 0 Å². The van der Waals surface area contributed by atoms with Crippen molar-refractivity contribution < 1.29 is 14.3 Å². The summed E-state index contributed by atoms with van der Waals surface area (Å²) in [5.41, 5.74) is 0.348. The quantitative estimate of drug-likeness (QED) is 0.427. The third-order valence-corrected chi connectivity index (χ3v) is 1.86. The molecule has 0 bridgehead atoms. The normalized spacial score (nSPS) is 9.64. The summed E-state index contributed by atoms with van der Waals surface area (Å²) in [5.74, 6) is -0.853. The first-order valence-electron chi connectivity index (χ1n) is 3.81. The standard InChI is InChI=1S/C9H8ClNO3/c1-5(12)7-4-11-8(10)3-6(7)9(13)14-2/h3-4H,1-2H3. The number of hydrogen-bond donors (Lipinski definition) is 0. The van der Waals surface area contributed by atoms with E-state index in [4.69, 9.17) is 11.6 Å². The number of carbonyl (C=O) groups is 2. The minimum atomic E-state index is -0.598. The number of hydrogen-bond acceptors (Lipinski definition) is 4. The lowest BCUT2D eigenvalue weighted by Crippen LogP contribution is -2.09. The van der Waals surface area contributed by atoms with Crippen LogP contribution in [-0.2, 0) is 4.74 Å². The molecule has 0 N–H and O–H groups in total. The molecule has 1 aromatic rings. The molecule has 0 unspecified atom stereocenters. The van der Waals surface area contributed by atoms with Crippen LogP contribution in [0.15, 0.2) is 12.3 Å². The second-order valence-corrected chi connectivity index (χ2v) is 2.99. The van der Waals surface area contributed by atoms with Crippen LogP contribution in [0.2, 0.25) is 5.15 Å². The van der Waals surface area contributed by atoms with E-state index in [-0.39, 0.29) is 22.1 Å². The fourth-order valence-electron chi connectivity index (χ4n) is 0.989. The largest absolute Gasteiger partial charge is 0.465 e. The summed E-state index contributed by atoms with van der Waals surface area (Å²) in [4.78, 5) is 26.1. The van der Waals surface area contributed by atoms with Gasteiger partial charge >= 0.3 is 5.97 Å². The highest BCUT2D eigenvalue weighted by molar-refractivity contribution is 6.30. The number of ether oxygens (including phenoxy) is 1. The van der Waals surface area contributed by atoms with E-state index in [0.29, 0.717) is 0 Å². The van der Waals surface area contributed by atoms with Crippen LogP contribution < -0.4 is 0 Å². The minimum Gasteiger partial charge on any atom is -0.465 e. The van der Waals surface area contributed by atoms with Crippen LogP contribution in [0.1, 0.15) is 27.6 Å². The molecule has 0 aliphatic carbocycles. The lowest BCUT2D eigenvalue weighted by Gasteiger charge is -2.04. The molecule has 1 rings (SSSR count). The van der Waals surface area contributed by atoms with Crippen molar-refractivity contribution in [2.75, 3.05) is 7.11 Å². The van der Waals surface area contributed by atoms with Crippen molar-refractivity contribution >= 4 is 23.4 Å². The SMILES string of the molecule is COC(=O)c1cc(Cl)ncc1C(C)=O. The van der Waals surface area contributed by atoms with Crippen LogP contribution in [0.5, 0.6) is 0 Å². The molecule has 0 radical (unpaired) electrons. The Kier molecular flexibility index (Phi) is 3.19. The predicted molar refractivity (Wildman–Crippen MR) is 50.6 cm³/mol. The zero-order chi connectivity index (χ0) is 10.7. The van der Waals surface area contributed by atoms with Crippen LogP contribution >= 0.6 is 11.6 Å². The first-order valence-corrected chi connectivity index (χ1v) is 4.19. The summed E-state index contributed by atoms with van der Waals surface area (Å²) in [6.45, 7) is 1.34. The Bertz CT molecular complexity index is 390. The summed E-state index contributed by atoms with van der Waals surface area (Å²) in [5, 5.41) is 0.149. The molecule has 0 spiro atoms. The number of ketones is 1. The van der Waals surface area contributed by atoms with E-state index in [2.05, 4.69) is 9.72 Å². The Labute approximate surface area is 85.9 Å². The van der Waals surface area contributed by atoms with E-state index in [0.717, 1.165) is 0 Å². The Morgan fingerprint density at radius 2 is 2.07 bits per heavy atom. The molecule has 0 aromatic carbocycles. The number of pyridine rings is 1. The topological polar surface area (TPSA) is 56.3 Å². The molecule has 0 saturated carbocycles. The van der Waals surface area contributed by atoms with Gasteiger partial charge in [0, 0.05) is 6.20 Å². The van der Waals surface area contributed by atoms with Crippen LogP contribution in [-0.4, -0.2) is 23.8 Å². The average molecular weight is 214 g/mol. The van der Waals surface area contributed by atoms with Crippen molar-refractivity contribution in [2.24, 2.45) is 0 Å². The van der Waals surface area contributed by atoms with Crippen LogP contribution in [0, 0.1) is 0 Å². The maximum absolute atomic E-state index is 11.2. The van der Waals surface area contributed by atoms with E-state index in [1.54, 1.807) is 0 Å². The van der Waals surface area contributed by atoms with Crippen molar-refractivity contribution in [2.45, 2.75) is 6.92 Å². The van der Waals surface area contributed by atoms with Crippen molar-refractivity contribution in [3.8, 4) is 0 Å². The first kappa shape index (κ1) is 10.7. The molecule has 0 saturated heterocycles. The summed E-state index contributed by atoms with van der Waals surface area (Å²) >= 11 is 5.59. The van der Waals surface area contributed by atoms with Gasteiger partial charge in [-0.1, -0.05) is 11.6 Å². The summed E-state index contributed by atoms with van der Waals surface area (Å²) in [6.07, 6.45) is 1.26. The molecule has 0 aliphatic heterocycles. The van der Waals surface area contributed by atoms with Gasteiger partial charge in [-0.25, -0.2) is 9.78 Å². The monoisotopic (exact) mass is 213 g/mol. The molecule has 0 fully saturated rings. The lowest BCUT2D eigenvalue weighted by atomic mass is 10.1. The highest BCUT2D eigenvalue weighted by Gasteiger charge is 2.15. The zero-order valence-electron chi connectivity index (χ0n) is 7.70. The molecular formula is C9H8ClNO3. The summed E-state index contributed by atoms with van der Waals surface area (Å²) < 4.78 is 4.50. The summed E-state index contributed by atoms with van der Waals surface area (Å²) in [7, 11) is 1.24. The second-order valence-electron chi connectivity index (χ2n) is 2.60. The number of Topliss-reactive ketones (excluding diaryl/α,β-unsaturated/α-hetero) is 1. The Morgan fingerprint density at radius 3 is 2.57 bits per heavy atom. The number of methoxy groups -OCH3 is 1. The van der Waals surface area contributed by atoms with Gasteiger partial charge in [0.15, 0.2) is 5.78 Å². The van der Waals surface area contributed by atoms with Crippen molar-refractivity contribution in [1.29, 1.82) is 0 Å². The maximum atomic E-state index is 11.2. The number of nitrogens with zero attached hydrogens (tertiary/aromatic N) is 1. The maximum Gasteiger partial charge on any atom is 0.338 e. The summed E-state index contributed by atoms with van der Waals surface area (Å²) in [6, 6.07) is 1.31. The van der Waals surface area contributed by atoms with Gasteiger partial charge in [0.05, 0.1) is 18.2 Å². The smallest absolute Gasteiger partial charge is 0.338 e. The third-order valence-electron chi connectivity index (χ3n) is 1.66. The minimum absolute atomic E-state index is 0.139. The number of rotatable bonds is 2. The molecule has 1 aromatic heterocycles. The molecular weight excluding hydrogens is 206 g/mol. The number of aromatic nitrogens is 1. The number of esters is 1. The predicted octanol–water partition coefficient (Wildman–Crippen LogP) is 1.72. The third kappa shape index (κ3) is 2.09. The highest BCUT2D eigenvalue weighted by atomic mass is 35.5. The Balaban J connectivity index is 3.29. The number of halogens is 1. The molecule has 14 heavy (non-hydrogen) atoms. The highest BCUT2D eigenvalue weighted by Crippen LogP contribution is 2.14. The van der Waals surface area contributed by atoms with Gasteiger partial charge in [0.25, 0.3) is 0 Å². The van der Waals surface area contributed by atoms with E-state index < -0.39 is 5.97 Å². The van der Waals surface area contributed by atoms with Gasteiger partial charge in [0.2, 0.25) is 0 Å². The first-order chi connectivity index (χ1) is 6.56. The van der Waals surface area contributed by atoms with E-state index in [9.17, 15) is 9.59 Å². The van der Waals surface area contributed by atoms with Crippen molar-refractivity contribution in [1.82, 2.24) is 4.98 Å². The molecule has 0 aliphatic rings. The van der Waals surface area contributed by atoms with Gasteiger partial charge in [-0.3, -0.25) is 4.79 Å². The van der Waals surface area contributed by atoms with E-state index >= 15 is 0 Å². The molecule has 74 valence electrons. The van der Waals surface area contributed by atoms with Gasteiger partial charge in [0.1, 0.15) is 5.15 Å². The second kappa shape index (κ2) is 4.19. The van der Waals surface area contributed by atoms with E-state index in [1.807, 2.05) is 0 Å². The van der Waals surface area contributed by atoms with Gasteiger partial charge < -0.3 is 4.74 Å². The van der Waals surface area contributed by atoms with Crippen LogP contribution in [0.25, 0.3) is 0 Å². The number of carbonyl (C=O) groups excluding carboxylic acids is 2. The molecule has 1 heterocycles. The molecule has 4 nitrogen and oxygen atoms in total. The van der Waals surface area contributed by atoms with Crippen molar-refractivity contribution in [3.63, 3.8) is 0 Å². The average Bonchev–Trinajstić information content (AvgIpc) is 2.16. The van der Waals surface area contributed by atoms with Crippen molar-refractivity contribution in [3.05, 3.63) is 28.5 Å². The Morgan fingerprint density at radius 1 is 1.43 bits per heavy atom. The Hall–Kier alpha value is -1.42. The zero-order valence-corrected chi connectivity index (χ0v) is 8.46. The van der Waals surface area contributed by atoms with Gasteiger partial charge in [-0.05, 0) is 13.0 Å². The van der Waals surface area contributed by atoms with E-state index in [1.165, 1.54) is 26.3 Å². The molecule has 0 atom stereocenters.